The van der Waals surface area contributed by atoms with Crippen molar-refractivity contribution < 1.29 is 9.84 Å². The van der Waals surface area contributed by atoms with E-state index in [1.807, 2.05) is 18.2 Å². The maximum absolute atomic E-state index is 9.61. The lowest BCUT2D eigenvalue weighted by atomic mass is 9.92. The van der Waals surface area contributed by atoms with Crippen LogP contribution in [0, 0.1) is 0 Å². The maximum Gasteiger partial charge on any atom is 0.119 e. The zero-order valence-corrected chi connectivity index (χ0v) is 10.4. The van der Waals surface area contributed by atoms with Crippen molar-refractivity contribution in [3.63, 3.8) is 0 Å². The Bertz CT molecular complexity index is 378. The molecule has 0 saturated heterocycles. The van der Waals surface area contributed by atoms with Crippen molar-refractivity contribution in [3.8, 4) is 5.75 Å². The van der Waals surface area contributed by atoms with E-state index in [9.17, 15) is 5.11 Å². The third kappa shape index (κ3) is 3.34. The first kappa shape index (κ1) is 12.2. The van der Waals surface area contributed by atoms with Crippen molar-refractivity contribution in [3.05, 3.63) is 35.9 Å². The highest BCUT2D eigenvalue weighted by atomic mass is 16.5. The molecule has 0 heterocycles. The van der Waals surface area contributed by atoms with Gasteiger partial charge in [-0.2, -0.15) is 0 Å². The third-order valence-corrected chi connectivity index (χ3v) is 3.04. The highest BCUT2D eigenvalue weighted by molar-refractivity contribution is 5.67. The number of hydrogen-bond acceptors (Lipinski definition) is 2. The average Bonchev–Trinajstić information content (AvgIpc) is 2.37. The molecule has 1 unspecified atom stereocenters. The lowest BCUT2D eigenvalue weighted by molar-refractivity contribution is 0.206. The van der Waals surface area contributed by atoms with E-state index in [0.717, 1.165) is 38.0 Å². The molecule has 0 aromatic heterocycles. The number of ether oxygens (including phenoxy) is 1. The van der Waals surface area contributed by atoms with E-state index in [1.165, 1.54) is 11.1 Å². The van der Waals surface area contributed by atoms with Gasteiger partial charge in [-0.25, -0.2) is 0 Å². The van der Waals surface area contributed by atoms with Crippen LogP contribution in [0.25, 0.3) is 5.57 Å². The summed E-state index contributed by atoms with van der Waals surface area (Å²) < 4.78 is 5.55. The molecule has 0 amide bonds. The molecule has 1 N–H and O–H groups in total. The van der Waals surface area contributed by atoms with Crippen molar-refractivity contribution in [2.45, 2.75) is 38.7 Å². The van der Waals surface area contributed by atoms with Gasteiger partial charge in [-0.15, -0.1) is 0 Å². The van der Waals surface area contributed by atoms with Gasteiger partial charge in [-0.3, -0.25) is 0 Å². The predicted molar refractivity (Wildman–Crippen MR) is 70.1 cm³/mol. The van der Waals surface area contributed by atoms with Gasteiger partial charge >= 0.3 is 0 Å². The summed E-state index contributed by atoms with van der Waals surface area (Å²) in [6.45, 7) is 2.86. The zero-order chi connectivity index (χ0) is 12.1. The molecule has 2 heteroatoms. The molecule has 1 aliphatic rings. The molecular weight excluding hydrogens is 212 g/mol. The van der Waals surface area contributed by atoms with E-state index in [0.29, 0.717) is 0 Å². The van der Waals surface area contributed by atoms with Gasteiger partial charge < -0.3 is 9.84 Å². The minimum atomic E-state index is -0.269. The molecule has 1 aromatic carbocycles. The van der Waals surface area contributed by atoms with Crippen LogP contribution in [0.15, 0.2) is 30.3 Å². The molecule has 2 rings (SSSR count). The highest BCUT2D eigenvalue weighted by Gasteiger charge is 2.12. The van der Waals surface area contributed by atoms with E-state index in [4.69, 9.17) is 4.74 Å². The van der Waals surface area contributed by atoms with Crippen LogP contribution in [0.3, 0.4) is 0 Å². The van der Waals surface area contributed by atoms with Gasteiger partial charge in [0.15, 0.2) is 0 Å². The molecule has 1 aliphatic carbocycles. The Balaban J connectivity index is 2.07. The number of rotatable bonds is 4. The quantitative estimate of drug-likeness (QED) is 0.862. The van der Waals surface area contributed by atoms with Gasteiger partial charge in [0.2, 0.25) is 0 Å². The molecule has 1 aromatic rings. The lowest BCUT2D eigenvalue weighted by Gasteiger charge is -2.17. The Hall–Kier alpha value is -1.28. The number of aliphatic hydroxyl groups is 1. The summed E-state index contributed by atoms with van der Waals surface area (Å²) in [6.07, 6.45) is 5.76. The van der Waals surface area contributed by atoms with Gasteiger partial charge in [-0.05, 0) is 49.0 Å². The Morgan fingerprint density at radius 3 is 2.71 bits per heavy atom. The SMILES string of the molecule is CCCOc1ccc(C2=CC(O)CCC2)cc1. The van der Waals surface area contributed by atoms with Crippen molar-refractivity contribution >= 4 is 5.57 Å². The number of allylic oxidation sites excluding steroid dienone is 1. The van der Waals surface area contributed by atoms with Crippen molar-refractivity contribution in [1.82, 2.24) is 0 Å². The molecule has 0 bridgehead atoms. The van der Waals surface area contributed by atoms with E-state index in [-0.39, 0.29) is 6.10 Å². The molecular formula is C15H20O2. The summed E-state index contributed by atoms with van der Waals surface area (Å²) in [6, 6.07) is 8.17. The fourth-order valence-electron chi connectivity index (χ4n) is 2.13. The van der Waals surface area contributed by atoms with Gasteiger partial charge in [-0.1, -0.05) is 25.1 Å². The van der Waals surface area contributed by atoms with Gasteiger partial charge in [0.05, 0.1) is 12.7 Å². The van der Waals surface area contributed by atoms with Crippen LogP contribution in [0.4, 0.5) is 0 Å². The van der Waals surface area contributed by atoms with Crippen LogP contribution >= 0.6 is 0 Å². The molecule has 92 valence electrons. The number of aliphatic hydroxyl groups excluding tert-OH is 1. The van der Waals surface area contributed by atoms with Crippen molar-refractivity contribution in [1.29, 1.82) is 0 Å². The summed E-state index contributed by atoms with van der Waals surface area (Å²) in [5.74, 6) is 0.924. The second kappa shape index (κ2) is 5.87. The summed E-state index contributed by atoms with van der Waals surface area (Å²) in [5.41, 5.74) is 2.46. The van der Waals surface area contributed by atoms with E-state index in [1.54, 1.807) is 0 Å². The summed E-state index contributed by atoms with van der Waals surface area (Å²) >= 11 is 0. The molecule has 0 spiro atoms. The Labute approximate surface area is 103 Å². The topological polar surface area (TPSA) is 29.5 Å². The predicted octanol–water partition coefficient (Wildman–Crippen LogP) is 3.40. The first-order valence-corrected chi connectivity index (χ1v) is 6.41. The van der Waals surface area contributed by atoms with E-state index < -0.39 is 0 Å². The normalized spacial score (nSPS) is 19.9. The van der Waals surface area contributed by atoms with Gasteiger partial charge in [0.1, 0.15) is 5.75 Å². The van der Waals surface area contributed by atoms with Crippen LogP contribution in [0.5, 0.6) is 5.75 Å². The standard InChI is InChI=1S/C15H20O2/c1-2-10-17-15-8-6-12(7-9-15)13-4-3-5-14(16)11-13/h6-9,11,14,16H,2-5,10H2,1H3. The average molecular weight is 232 g/mol. The fraction of sp³-hybridized carbons (Fsp3) is 0.467. The van der Waals surface area contributed by atoms with Crippen molar-refractivity contribution in [2.24, 2.45) is 0 Å². The molecule has 2 nitrogen and oxygen atoms in total. The number of benzene rings is 1. The molecule has 0 saturated carbocycles. The van der Waals surface area contributed by atoms with Crippen LogP contribution in [-0.2, 0) is 0 Å². The molecule has 0 radical (unpaired) electrons. The molecule has 17 heavy (non-hydrogen) atoms. The van der Waals surface area contributed by atoms with Crippen molar-refractivity contribution in [2.75, 3.05) is 6.61 Å². The minimum Gasteiger partial charge on any atom is -0.494 e. The number of hydrogen-bond donors (Lipinski definition) is 1. The summed E-state index contributed by atoms with van der Waals surface area (Å²) in [4.78, 5) is 0. The van der Waals surface area contributed by atoms with Crippen LogP contribution in [0.2, 0.25) is 0 Å². The minimum absolute atomic E-state index is 0.269. The highest BCUT2D eigenvalue weighted by Crippen LogP contribution is 2.28. The second-order valence-electron chi connectivity index (χ2n) is 4.52. The van der Waals surface area contributed by atoms with Gasteiger partial charge in [0, 0.05) is 0 Å². The van der Waals surface area contributed by atoms with Crippen LogP contribution in [-0.4, -0.2) is 17.8 Å². The first-order chi connectivity index (χ1) is 8.29. The largest absolute Gasteiger partial charge is 0.494 e. The van der Waals surface area contributed by atoms with E-state index in [2.05, 4.69) is 19.1 Å². The van der Waals surface area contributed by atoms with Crippen LogP contribution < -0.4 is 4.74 Å². The first-order valence-electron chi connectivity index (χ1n) is 6.41. The summed E-state index contributed by atoms with van der Waals surface area (Å²) in [7, 11) is 0. The summed E-state index contributed by atoms with van der Waals surface area (Å²) in [5, 5.41) is 9.61. The van der Waals surface area contributed by atoms with Crippen LogP contribution in [0.1, 0.15) is 38.2 Å². The molecule has 1 atom stereocenters. The lowest BCUT2D eigenvalue weighted by Crippen LogP contribution is -2.08. The maximum atomic E-state index is 9.61. The molecule has 0 fully saturated rings. The monoisotopic (exact) mass is 232 g/mol. The smallest absolute Gasteiger partial charge is 0.119 e. The van der Waals surface area contributed by atoms with E-state index >= 15 is 0 Å². The Kier molecular flexibility index (Phi) is 4.21. The zero-order valence-electron chi connectivity index (χ0n) is 10.4. The van der Waals surface area contributed by atoms with Gasteiger partial charge in [0.25, 0.3) is 0 Å². The second-order valence-corrected chi connectivity index (χ2v) is 4.52. The molecule has 0 aliphatic heterocycles. The Morgan fingerprint density at radius 2 is 2.06 bits per heavy atom. The fourth-order valence-corrected chi connectivity index (χ4v) is 2.13. The Morgan fingerprint density at radius 1 is 1.29 bits per heavy atom. The third-order valence-electron chi connectivity index (χ3n) is 3.04.